The molecule has 2 aromatic rings. The zero-order valence-electron chi connectivity index (χ0n) is 19.8. The number of fused-ring (bicyclic) bond motifs is 1. The Morgan fingerprint density at radius 2 is 1.66 bits per heavy atom. The summed E-state index contributed by atoms with van der Waals surface area (Å²) in [5, 5.41) is 0. The highest BCUT2D eigenvalue weighted by molar-refractivity contribution is 6.22. The average Bonchev–Trinajstić information content (AvgIpc) is 3.36. The Morgan fingerprint density at radius 1 is 0.943 bits per heavy atom. The van der Waals surface area contributed by atoms with Crippen molar-refractivity contribution in [2.45, 2.75) is 32.6 Å². The Balaban J connectivity index is 1.25. The Kier molecular flexibility index (Phi) is 6.05. The minimum Gasteiger partial charge on any atom is -0.495 e. The van der Waals surface area contributed by atoms with Crippen molar-refractivity contribution in [1.82, 2.24) is 0 Å². The molecule has 2 saturated heterocycles. The van der Waals surface area contributed by atoms with E-state index in [2.05, 4.69) is 6.92 Å². The van der Waals surface area contributed by atoms with E-state index in [-0.39, 0.29) is 42.5 Å². The molecule has 3 amide bonds. The standard InChI is InChI=1S/C27H28N2O6/c1-16-7-12-20-21(13-16)26(32)29(25(20)31)18-8-10-19(11-9-18)35-27(33)17-14-24(30)28(15-17)22-5-3-4-6-23(22)34-2/h3-6,8-11,16-17,20-21H,7,12-15H2,1-2H3/t16-,17+,20+,21-/m0/s1. The van der Waals surface area contributed by atoms with Gasteiger partial charge < -0.3 is 14.4 Å². The number of rotatable bonds is 5. The van der Waals surface area contributed by atoms with Crippen LogP contribution in [0.3, 0.4) is 0 Å². The van der Waals surface area contributed by atoms with Crippen molar-refractivity contribution < 1.29 is 28.7 Å². The van der Waals surface area contributed by atoms with Gasteiger partial charge in [0.05, 0.1) is 36.2 Å². The van der Waals surface area contributed by atoms with Crippen molar-refractivity contribution in [2.24, 2.45) is 23.7 Å². The molecule has 3 fully saturated rings. The van der Waals surface area contributed by atoms with Gasteiger partial charge in [0.25, 0.3) is 0 Å². The SMILES string of the molecule is COc1ccccc1N1C[C@H](C(=O)Oc2ccc(N3C(=O)[C@H]4C[C@@H](C)CC[C@H]4C3=O)cc2)CC1=O. The van der Waals surface area contributed by atoms with Crippen LogP contribution in [0, 0.1) is 23.7 Å². The van der Waals surface area contributed by atoms with E-state index >= 15 is 0 Å². The van der Waals surface area contributed by atoms with Crippen LogP contribution in [0.4, 0.5) is 11.4 Å². The van der Waals surface area contributed by atoms with Gasteiger partial charge in [-0.05, 0) is 61.6 Å². The van der Waals surface area contributed by atoms with Crippen LogP contribution in [0.2, 0.25) is 0 Å². The highest BCUT2D eigenvalue weighted by Crippen LogP contribution is 2.42. The minimum absolute atomic E-state index is 0.0486. The predicted molar refractivity (Wildman–Crippen MR) is 128 cm³/mol. The molecular formula is C27H28N2O6. The molecule has 4 atom stereocenters. The van der Waals surface area contributed by atoms with E-state index in [1.54, 1.807) is 41.3 Å². The molecule has 5 rings (SSSR count). The Morgan fingerprint density at radius 3 is 2.40 bits per heavy atom. The van der Waals surface area contributed by atoms with Gasteiger partial charge in [-0.25, -0.2) is 0 Å². The molecule has 35 heavy (non-hydrogen) atoms. The number of hydrogen-bond acceptors (Lipinski definition) is 6. The third-order valence-electron chi connectivity index (χ3n) is 7.34. The number of imide groups is 1. The van der Waals surface area contributed by atoms with E-state index < -0.39 is 11.9 Å². The van der Waals surface area contributed by atoms with E-state index in [1.165, 1.54) is 12.0 Å². The number of esters is 1. The summed E-state index contributed by atoms with van der Waals surface area (Å²) in [5.74, 6) is -0.745. The third-order valence-corrected chi connectivity index (χ3v) is 7.34. The van der Waals surface area contributed by atoms with Crippen LogP contribution >= 0.6 is 0 Å². The Labute approximate surface area is 203 Å². The first kappa shape index (κ1) is 23.1. The maximum absolute atomic E-state index is 12.9. The number of para-hydroxylation sites is 2. The lowest BCUT2D eigenvalue weighted by Crippen LogP contribution is -2.30. The Bertz CT molecular complexity index is 1180. The van der Waals surface area contributed by atoms with Crippen molar-refractivity contribution in [3.8, 4) is 11.5 Å². The fourth-order valence-electron chi connectivity index (χ4n) is 5.46. The van der Waals surface area contributed by atoms with Gasteiger partial charge in [-0.3, -0.25) is 24.1 Å². The van der Waals surface area contributed by atoms with Crippen LogP contribution in [0.5, 0.6) is 11.5 Å². The molecule has 2 aromatic carbocycles. The quantitative estimate of drug-likeness (QED) is 0.372. The van der Waals surface area contributed by atoms with Crippen molar-refractivity contribution in [3.63, 3.8) is 0 Å². The zero-order chi connectivity index (χ0) is 24.7. The van der Waals surface area contributed by atoms with Crippen molar-refractivity contribution in [2.75, 3.05) is 23.5 Å². The second-order valence-electron chi connectivity index (χ2n) is 9.64. The summed E-state index contributed by atoms with van der Waals surface area (Å²) >= 11 is 0. The second kappa shape index (κ2) is 9.17. The molecule has 3 aliphatic rings. The van der Waals surface area contributed by atoms with Gasteiger partial charge in [0.2, 0.25) is 17.7 Å². The van der Waals surface area contributed by atoms with Gasteiger partial charge in [0.1, 0.15) is 11.5 Å². The molecule has 2 aliphatic heterocycles. The number of methoxy groups -OCH3 is 1. The van der Waals surface area contributed by atoms with E-state index in [4.69, 9.17) is 9.47 Å². The molecule has 8 heteroatoms. The summed E-state index contributed by atoms with van der Waals surface area (Å²) in [7, 11) is 1.53. The molecule has 0 unspecified atom stereocenters. The summed E-state index contributed by atoms with van der Waals surface area (Å²) in [6.45, 7) is 2.32. The van der Waals surface area contributed by atoms with Gasteiger partial charge in [-0.15, -0.1) is 0 Å². The number of anilines is 2. The highest BCUT2D eigenvalue weighted by atomic mass is 16.5. The highest BCUT2D eigenvalue weighted by Gasteiger charge is 2.50. The smallest absolute Gasteiger partial charge is 0.316 e. The zero-order valence-corrected chi connectivity index (χ0v) is 19.8. The summed E-state index contributed by atoms with van der Waals surface area (Å²) in [4.78, 5) is 54.0. The lowest BCUT2D eigenvalue weighted by molar-refractivity contribution is -0.139. The summed E-state index contributed by atoms with van der Waals surface area (Å²) in [6, 6.07) is 13.6. The maximum Gasteiger partial charge on any atom is 0.316 e. The van der Waals surface area contributed by atoms with Crippen LogP contribution in [0.15, 0.2) is 48.5 Å². The maximum atomic E-state index is 12.9. The number of hydrogen-bond donors (Lipinski definition) is 0. The van der Waals surface area contributed by atoms with Crippen LogP contribution in [-0.2, 0) is 19.2 Å². The number of ether oxygens (including phenoxy) is 2. The van der Waals surface area contributed by atoms with Gasteiger partial charge in [-0.1, -0.05) is 19.1 Å². The lowest BCUT2D eigenvalue weighted by Gasteiger charge is -2.25. The van der Waals surface area contributed by atoms with E-state index in [1.807, 2.05) is 12.1 Å². The predicted octanol–water partition coefficient (Wildman–Crippen LogP) is 3.58. The number of carbonyl (C=O) groups is 4. The average molecular weight is 477 g/mol. The first-order valence-electron chi connectivity index (χ1n) is 12.0. The third kappa shape index (κ3) is 4.17. The largest absolute Gasteiger partial charge is 0.495 e. The van der Waals surface area contributed by atoms with Gasteiger partial charge in [0, 0.05) is 13.0 Å². The fraction of sp³-hybridized carbons (Fsp3) is 0.407. The number of benzene rings is 2. The molecule has 0 bridgehead atoms. The molecule has 0 N–H and O–H groups in total. The monoisotopic (exact) mass is 476 g/mol. The van der Waals surface area contributed by atoms with E-state index in [9.17, 15) is 19.2 Å². The molecule has 1 saturated carbocycles. The summed E-state index contributed by atoms with van der Waals surface area (Å²) < 4.78 is 10.9. The van der Waals surface area contributed by atoms with Crippen molar-refractivity contribution >= 4 is 35.1 Å². The van der Waals surface area contributed by atoms with Gasteiger partial charge in [0.15, 0.2) is 0 Å². The van der Waals surface area contributed by atoms with Crippen LogP contribution in [0.25, 0.3) is 0 Å². The molecule has 2 heterocycles. The first-order valence-corrected chi connectivity index (χ1v) is 12.0. The lowest BCUT2D eigenvalue weighted by atomic mass is 9.76. The van der Waals surface area contributed by atoms with Crippen molar-refractivity contribution in [3.05, 3.63) is 48.5 Å². The number of carbonyl (C=O) groups excluding carboxylic acids is 4. The van der Waals surface area contributed by atoms with Gasteiger partial charge >= 0.3 is 5.97 Å². The molecule has 182 valence electrons. The second-order valence-corrected chi connectivity index (χ2v) is 9.64. The Hall–Kier alpha value is -3.68. The first-order chi connectivity index (χ1) is 16.9. The van der Waals surface area contributed by atoms with E-state index in [0.717, 1.165) is 19.3 Å². The molecule has 8 nitrogen and oxygen atoms in total. The topological polar surface area (TPSA) is 93.2 Å². The molecule has 0 aromatic heterocycles. The molecular weight excluding hydrogens is 448 g/mol. The number of amides is 3. The van der Waals surface area contributed by atoms with Gasteiger partial charge in [-0.2, -0.15) is 0 Å². The van der Waals surface area contributed by atoms with Crippen LogP contribution in [-0.4, -0.2) is 37.3 Å². The number of nitrogens with zero attached hydrogens (tertiary/aromatic N) is 2. The minimum atomic E-state index is -0.612. The fourth-order valence-corrected chi connectivity index (χ4v) is 5.46. The van der Waals surface area contributed by atoms with Crippen molar-refractivity contribution in [1.29, 1.82) is 0 Å². The molecule has 1 aliphatic carbocycles. The summed E-state index contributed by atoms with van der Waals surface area (Å²) in [6.07, 6.45) is 2.50. The molecule has 0 radical (unpaired) electrons. The van der Waals surface area contributed by atoms with E-state index in [0.29, 0.717) is 28.8 Å². The summed E-state index contributed by atoms with van der Waals surface area (Å²) in [5.41, 5.74) is 1.11. The molecule has 0 spiro atoms. The normalized spacial score (nSPS) is 26.2. The van der Waals surface area contributed by atoms with Crippen LogP contribution in [0.1, 0.15) is 32.6 Å². The van der Waals surface area contributed by atoms with Crippen LogP contribution < -0.4 is 19.3 Å².